The summed E-state index contributed by atoms with van der Waals surface area (Å²) in [4.78, 5) is 0. The van der Waals surface area contributed by atoms with Crippen molar-refractivity contribution in [2.24, 2.45) is 5.92 Å². The molecular weight excluding hydrogens is 172 g/mol. The van der Waals surface area contributed by atoms with Crippen molar-refractivity contribution in [3.63, 3.8) is 0 Å². The van der Waals surface area contributed by atoms with Crippen molar-refractivity contribution in [1.29, 1.82) is 0 Å². The molecule has 1 aliphatic carbocycles. The fraction of sp³-hybridized carbons (Fsp3) is 0.538. The molecule has 76 valence electrons. The van der Waals surface area contributed by atoms with Crippen LogP contribution in [-0.2, 0) is 11.3 Å². The van der Waals surface area contributed by atoms with E-state index in [4.69, 9.17) is 4.74 Å². The first-order chi connectivity index (χ1) is 6.84. The summed E-state index contributed by atoms with van der Waals surface area (Å²) < 4.78 is 5.86. The Morgan fingerprint density at radius 3 is 2.64 bits per heavy atom. The fourth-order valence-electron chi connectivity index (χ4n) is 2.09. The number of hydrogen-bond acceptors (Lipinski definition) is 1. The Morgan fingerprint density at radius 2 is 2.00 bits per heavy atom. The third-order valence-electron chi connectivity index (χ3n) is 2.98. The average Bonchev–Trinajstić information content (AvgIpc) is 2.63. The summed E-state index contributed by atoms with van der Waals surface area (Å²) in [7, 11) is 0. The molecule has 0 saturated heterocycles. The van der Waals surface area contributed by atoms with Crippen LogP contribution in [0.2, 0.25) is 0 Å². The first-order valence-corrected chi connectivity index (χ1v) is 5.50. The van der Waals surface area contributed by atoms with E-state index in [9.17, 15) is 0 Å². The van der Waals surface area contributed by atoms with E-state index in [0.717, 1.165) is 12.5 Å². The molecule has 2 atom stereocenters. The van der Waals surface area contributed by atoms with Gasteiger partial charge in [0.05, 0.1) is 12.7 Å². The van der Waals surface area contributed by atoms with Crippen LogP contribution < -0.4 is 0 Å². The maximum atomic E-state index is 5.86. The van der Waals surface area contributed by atoms with Gasteiger partial charge in [0.25, 0.3) is 0 Å². The number of benzene rings is 1. The van der Waals surface area contributed by atoms with Gasteiger partial charge in [-0.3, -0.25) is 0 Å². The van der Waals surface area contributed by atoms with Gasteiger partial charge >= 0.3 is 0 Å². The Labute approximate surface area is 86.1 Å². The number of hydrogen-bond donors (Lipinski definition) is 0. The van der Waals surface area contributed by atoms with Crippen LogP contribution in [0.25, 0.3) is 0 Å². The Bertz CT molecular complexity index is 268. The predicted molar refractivity (Wildman–Crippen MR) is 58.0 cm³/mol. The molecule has 0 unspecified atom stereocenters. The predicted octanol–water partition coefficient (Wildman–Crippen LogP) is 3.39. The van der Waals surface area contributed by atoms with Crippen molar-refractivity contribution in [2.75, 3.05) is 0 Å². The SMILES string of the molecule is C[C@H]1CC[C@H](OCc2ccccc2)C1. The van der Waals surface area contributed by atoms with Crippen molar-refractivity contribution < 1.29 is 4.74 Å². The normalized spacial score (nSPS) is 26.6. The van der Waals surface area contributed by atoms with Gasteiger partial charge < -0.3 is 4.74 Å². The van der Waals surface area contributed by atoms with Crippen molar-refractivity contribution in [3.8, 4) is 0 Å². The highest BCUT2D eigenvalue weighted by molar-refractivity contribution is 5.13. The minimum Gasteiger partial charge on any atom is -0.374 e. The zero-order valence-corrected chi connectivity index (χ0v) is 8.78. The molecular formula is C13H18O. The van der Waals surface area contributed by atoms with Gasteiger partial charge in [0, 0.05) is 0 Å². The molecule has 0 aliphatic heterocycles. The standard InChI is InChI=1S/C13H18O/c1-11-7-8-13(9-11)14-10-12-5-3-2-4-6-12/h2-6,11,13H,7-10H2,1H3/t11-,13-/m0/s1. The Balaban J connectivity index is 1.78. The molecule has 2 rings (SSSR count). The van der Waals surface area contributed by atoms with E-state index in [1.54, 1.807) is 0 Å². The van der Waals surface area contributed by atoms with Crippen molar-refractivity contribution in [1.82, 2.24) is 0 Å². The first-order valence-electron chi connectivity index (χ1n) is 5.50. The molecule has 0 N–H and O–H groups in total. The maximum Gasteiger partial charge on any atom is 0.0720 e. The summed E-state index contributed by atoms with van der Waals surface area (Å²) in [6, 6.07) is 10.4. The monoisotopic (exact) mass is 190 g/mol. The number of ether oxygens (including phenoxy) is 1. The van der Waals surface area contributed by atoms with Crippen molar-refractivity contribution >= 4 is 0 Å². The summed E-state index contributed by atoms with van der Waals surface area (Å²) in [5.41, 5.74) is 1.28. The molecule has 1 fully saturated rings. The molecule has 0 spiro atoms. The van der Waals surface area contributed by atoms with Crippen molar-refractivity contribution in [2.45, 2.75) is 38.9 Å². The zero-order valence-electron chi connectivity index (χ0n) is 8.78. The minimum atomic E-state index is 0.505. The van der Waals surface area contributed by atoms with Gasteiger partial charge in [0.15, 0.2) is 0 Å². The molecule has 0 bridgehead atoms. The molecule has 1 aromatic carbocycles. The van der Waals surface area contributed by atoms with E-state index in [-0.39, 0.29) is 0 Å². The highest BCUT2D eigenvalue weighted by Crippen LogP contribution is 2.27. The lowest BCUT2D eigenvalue weighted by atomic mass is 10.1. The molecule has 0 amide bonds. The Morgan fingerprint density at radius 1 is 1.21 bits per heavy atom. The van der Waals surface area contributed by atoms with Crippen LogP contribution in [0.15, 0.2) is 30.3 Å². The van der Waals surface area contributed by atoms with E-state index >= 15 is 0 Å². The van der Waals surface area contributed by atoms with Crippen LogP contribution in [0.3, 0.4) is 0 Å². The largest absolute Gasteiger partial charge is 0.374 e. The van der Waals surface area contributed by atoms with Gasteiger partial charge in [0.2, 0.25) is 0 Å². The summed E-state index contributed by atoms with van der Waals surface area (Å²) in [6.45, 7) is 3.09. The van der Waals surface area contributed by atoms with E-state index in [1.165, 1.54) is 24.8 Å². The minimum absolute atomic E-state index is 0.505. The second kappa shape index (κ2) is 4.61. The molecule has 1 aliphatic rings. The van der Waals surface area contributed by atoms with Crippen LogP contribution in [0.1, 0.15) is 31.7 Å². The van der Waals surface area contributed by atoms with Gasteiger partial charge in [-0.2, -0.15) is 0 Å². The molecule has 14 heavy (non-hydrogen) atoms. The lowest BCUT2D eigenvalue weighted by molar-refractivity contribution is 0.0434. The highest BCUT2D eigenvalue weighted by atomic mass is 16.5. The summed E-state index contributed by atoms with van der Waals surface area (Å²) in [5, 5.41) is 0. The Kier molecular flexibility index (Phi) is 3.20. The second-order valence-electron chi connectivity index (χ2n) is 4.34. The fourth-order valence-corrected chi connectivity index (χ4v) is 2.09. The molecule has 0 heterocycles. The van der Waals surface area contributed by atoms with Crippen LogP contribution in [0.5, 0.6) is 0 Å². The highest BCUT2D eigenvalue weighted by Gasteiger charge is 2.21. The van der Waals surface area contributed by atoms with Crippen LogP contribution in [-0.4, -0.2) is 6.10 Å². The topological polar surface area (TPSA) is 9.23 Å². The number of rotatable bonds is 3. The smallest absolute Gasteiger partial charge is 0.0720 e. The molecule has 1 heteroatoms. The van der Waals surface area contributed by atoms with Gasteiger partial charge in [-0.25, -0.2) is 0 Å². The van der Waals surface area contributed by atoms with Crippen molar-refractivity contribution in [3.05, 3.63) is 35.9 Å². The summed E-state index contributed by atoms with van der Waals surface area (Å²) in [5.74, 6) is 0.857. The molecule has 1 saturated carbocycles. The quantitative estimate of drug-likeness (QED) is 0.710. The van der Waals surface area contributed by atoms with Gasteiger partial charge in [-0.05, 0) is 30.7 Å². The second-order valence-corrected chi connectivity index (χ2v) is 4.34. The van der Waals surface area contributed by atoms with Gasteiger partial charge in [0.1, 0.15) is 0 Å². The summed E-state index contributed by atoms with van der Waals surface area (Å²) in [6.07, 6.45) is 4.32. The van der Waals surface area contributed by atoms with E-state index in [2.05, 4.69) is 31.2 Å². The van der Waals surface area contributed by atoms with E-state index in [1.807, 2.05) is 6.07 Å². The third kappa shape index (κ3) is 2.58. The van der Waals surface area contributed by atoms with Crippen LogP contribution in [0.4, 0.5) is 0 Å². The third-order valence-corrected chi connectivity index (χ3v) is 2.98. The van der Waals surface area contributed by atoms with Crippen LogP contribution in [0, 0.1) is 5.92 Å². The van der Waals surface area contributed by atoms with E-state index in [0.29, 0.717) is 6.10 Å². The van der Waals surface area contributed by atoms with Gasteiger partial charge in [-0.15, -0.1) is 0 Å². The van der Waals surface area contributed by atoms with Crippen LogP contribution >= 0.6 is 0 Å². The summed E-state index contributed by atoms with van der Waals surface area (Å²) >= 11 is 0. The van der Waals surface area contributed by atoms with E-state index < -0.39 is 0 Å². The average molecular weight is 190 g/mol. The maximum absolute atomic E-state index is 5.86. The molecule has 0 aromatic heterocycles. The lowest BCUT2D eigenvalue weighted by Crippen LogP contribution is -2.07. The zero-order chi connectivity index (χ0) is 9.80. The molecule has 1 nitrogen and oxygen atoms in total. The molecule has 1 aromatic rings. The first kappa shape index (κ1) is 9.72. The molecule has 0 radical (unpaired) electrons. The van der Waals surface area contributed by atoms with Gasteiger partial charge in [-0.1, -0.05) is 37.3 Å². The lowest BCUT2D eigenvalue weighted by Gasteiger charge is -2.11. The Hall–Kier alpha value is -0.820.